The number of nitriles is 1. The van der Waals surface area contributed by atoms with E-state index < -0.39 is 16.8 Å². The molecule has 0 aromatic carbocycles. The lowest BCUT2D eigenvalue weighted by Crippen LogP contribution is -2.13. The predicted octanol–water partition coefficient (Wildman–Crippen LogP) is 3.76. The summed E-state index contributed by atoms with van der Waals surface area (Å²) in [4.78, 5) is 0. The maximum Gasteiger partial charge on any atom is 0.414 e. The van der Waals surface area contributed by atoms with Crippen LogP contribution < -0.4 is 0 Å². The van der Waals surface area contributed by atoms with Crippen molar-refractivity contribution in [3.05, 3.63) is 10.6 Å². The van der Waals surface area contributed by atoms with E-state index in [-0.39, 0.29) is 6.42 Å². The number of halogens is 4. The van der Waals surface area contributed by atoms with Crippen LogP contribution in [0.3, 0.4) is 0 Å². The van der Waals surface area contributed by atoms with Crippen LogP contribution in [0.5, 0.6) is 0 Å². The molecule has 0 unspecified atom stereocenters. The van der Waals surface area contributed by atoms with Crippen LogP contribution in [0.15, 0.2) is 10.6 Å². The molecule has 1 nitrogen and oxygen atoms in total. The fourth-order valence-corrected chi connectivity index (χ4v) is 0.999. The summed E-state index contributed by atoms with van der Waals surface area (Å²) < 4.78 is 36.6. The van der Waals surface area contributed by atoms with E-state index in [1.165, 1.54) is 6.07 Å². The van der Waals surface area contributed by atoms with Gasteiger partial charge in [0.2, 0.25) is 0 Å². The highest BCUT2D eigenvalue weighted by molar-refractivity contribution is 6.32. The van der Waals surface area contributed by atoms with Gasteiger partial charge in [-0.2, -0.15) is 18.4 Å². The Labute approximate surface area is 79.8 Å². The van der Waals surface area contributed by atoms with Gasteiger partial charge in [0.1, 0.15) is 11.1 Å². The number of hydrogen-bond acceptors (Lipinski definition) is 1. The molecule has 0 N–H and O–H groups in total. The molecular weight excluding hydrogens is 203 g/mol. The van der Waals surface area contributed by atoms with Gasteiger partial charge in [-0.05, 0) is 12.8 Å². The smallest absolute Gasteiger partial charge is 0.191 e. The average molecular weight is 212 g/mol. The van der Waals surface area contributed by atoms with Gasteiger partial charge in [-0.1, -0.05) is 24.9 Å². The van der Waals surface area contributed by atoms with Crippen molar-refractivity contribution < 1.29 is 13.2 Å². The van der Waals surface area contributed by atoms with E-state index in [0.717, 1.165) is 0 Å². The van der Waals surface area contributed by atoms with Gasteiger partial charge in [0.25, 0.3) is 0 Å². The molecule has 13 heavy (non-hydrogen) atoms. The monoisotopic (exact) mass is 211 g/mol. The van der Waals surface area contributed by atoms with Crippen LogP contribution in [0.4, 0.5) is 13.2 Å². The van der Waals surface area contributed by atoms with Crippen molar-refractivity contribution in [2.75, 3.05) is 0 Å². The van der Waals surface area contributed by atoms with Crippen LogP contribution in [-0.4, -0.2) is 6.18 Å². The fourth-order valence-electron chi connectivity index (χ4n) is 0.797. The van der Waals surface area contributed by atoms with E-state index in [1.807, 2.05) is 0 Å². The molecule has 0 rings (SSSR count). The maximum atomic E-state index is 12.2. The minimum Gasteiger partial charge on any atom is -0.191 e. The zero-order valence-corrected chi connectivity index (χ0v) is 7.84. The number of nitrogens with zero attached hydrogens (tertiary/aromatic N) is 1. The highest BCUT2D eigenvalue weighted by Gasteiger charge is 2.35. The van der Waals surface area contributed by atoms with Crippen molar-refractivity contribution >= 4 is 11.6 Å². The zero-order valence-electron chi connectivity index (χ0n) is 7.08. The Morgan fingerprint density at radius 3 is 2.31 bits per heavy atom. The van der Waals surface area contributed by atoms with E-state index >= 15 is 0 Å². The molecule has 0 saturated carbocycles. The second kappa shape index (κ2) is 5.13. The summed E-state index contributed by atoms with van der Waals surface area (Å²) in [6, 6.07) is 1.31. The number of unbranched alkanes of at least 4 members (excludes halogenated alkanes) is 1. The van der Waals surface area contributed by atoms with Crippen LogP contribution >= 0.6 is 11.6 Å². The highest BCUT2D eigenvalue weighted by atomic mass is 35.5. The molecule has 0 spiro atoms. The summed E-state index contributed by atoms with van der Waals surface area (Å²) in [7, 11) is 0. The first-order valence-corrected chi connectivity index (χ1v) is 4.17. The van der Waals surface area contributed by atoms with Crippen LogP contribution in [0.2, 0.25) is 0 Å². The molecule has 0 bridgehead atoms. The standard InChI is InChI=1S/C8H9ClF3N/c1-2-3-4-6(7(9)5-13)8(10,11)12/h2-4H2,1H3/b7-6+. The van der Waals surface area contributed by atoms with Crippen molar-refractivity contribution in [1.29, 1.82) is 5.26 Å². The molecule has 0 fully saturated rings. The molecule has 0 amide bonds. The van der Waals surface area contributed by atoms with Crippen molar-refractivity contribution in [3.63, 3.8) is 0 Å². The van der Waals surface area contributed by atoms with Gasteiger partial charge < -0.3 is 0 Å². The summed E-state index contributed by atoms with van der Waals surface area (Å²) >= 11 is 5.15. The van der Waals surface area contributed by atoms with Crippen molar-refractivity contribution in [2.45, 2.75) is 32.4 Å². The average Bonchev–Trinajstić information content (AvgIpc) is 2.02. The highest BCUT2D eigenvalue weighted by Crippen LogP contribution is 2.33. The molecule has 0 aliphatic carbocycles. The van der Waals surface area contributed by atoms with E-state index in [2.05, 4.69) is 0 Å². The molecule has 0 saturated heterocycles. The summed E-state index contributed by atoms with van der Waals surface area (Å²) in [5.41, 5.74) is -0.918. The van der Waals surface area contributed by atoms with E-state index in [0.29, 0.717) is 12.8 Å². The van der Waals surface area contributed by atoms with Crippen LogP contribution in [0, 0.1) is 11.3 Å². The van der Waals surface area contributed by atoms with Gasteiger partial charge >= 0.3 is 6.18 Å². The van der Waals surface area contributed by atoms with Crippen LogP contribution in [0.25, 0.3) is 0 Å². The molecule has 0 aliphatic heterocycles. The van der Waals surface area contributed by atoms with E-state index in [1.54, 1.807) is 6.92 Å². The Morgan fingerprint density at radius 2 is 2.00 bits per heavy atom. The normalized spacial score (nSPS) is 13.5. The number of alkyl halides is 3. The lowest BCUT2D eigenvalue weighted by molar-refractivity contribution is -0.0943. The Kier molecular flexibility index (Phi) is 4.86. The first-order chi connectivity index (χ1) is 5.93. The van der Waals surface area contributed by atoms with Gasteiger partial charge in [-0.3, -0.25) is 0 Å². The third kappa shape index (κ3) is 4.18. The quantitative estimate of drug-likeness (QED) is 0.652. The minimum absolute atomic E-state index is 0.188. The van der Waals surface area contributed by atoms with Crippen LogP contribution in [0.1, 0.15) is 26.2 Å². The maximum absolute atomic E-state index is 12.2. The van der Waals surface area contributed by atoms with E-state index in [4.69, 9.17) is 16.9 Å². The third-order valence-electron chi connectivity index (χ3n) is 1.49. The fraction of sp³-hybridized carbons (Fsp3) is 0.625. The zero-order chi connectivity index (χ0) is 10.5. The van der Waals surface area contributed by atoms with Crippen molar-refractivity contribution in [2.24, 2.45) is 0 Å². The second-order valence-electron chi connectivity index (χ2n) is 2.51. The SMILES string of the molecule is CCCC/C(=C(\Cl)C#N)C(F)(F)F. The lowest BCUT2D eigenvalue weighted by atomic mass is 10.1. The lowest BCUT2D eigenvalue weighted by Gasteiger charge is -2.10. The van der Waals surface area contributed by atoms with E-state index in [9.17, 15) is 13.2 Å². The Hall–Kier alpha value is -0.690. The molecular formula is C8H9ClF3N. The molecule has 5 heteroatoms. The van der Waals surface area contributed by atoms with Crippen molar-refractivity contribution in [1.82, 2.24) is 0 Å². The molecule has 0 aromatic rings. The molecule has 0 aromatic heterocycles. The number of allylic oxidation sites excluding steroid dienone is 2. The first kappa shape index (κ1) is 12.3. The largest absolute Gasteiger partial charge is 0.414 e. The van der Waals surface area contributed by atoms with Gasteiger partial charge in [0, 0.05) is 0 Å². The van der Waals surface area contributed by atoms with Gasteiger partial charge in [-0.25, -0.2) is 0 Å². The first-order valence-electron chi connectivity index (χ1n) is 3.79. The summed E-state index contributed by atoms with van der Waals surface area (Å²) in [6.45, 7) is 1.77. The summed E-state index contributed by atoms with van der Waals surface area (Å²) in [5, 5.41) is 7.48. The number of hydrogen-bond donors (Lipinski definition) is 0. The van der Waals surface area contributed by atoms with Gasteiger partial charge in [-0.15, -0.1) is 0 Å². The number of rotatable bonds is 3. The molecule has 74 valence electrons. The topological polar surface area (TPSA) is 23.8 Å². The molecule has 0 radical (unpaired) electrons. The predicted molar refractivity (Wildman–Crippen MR) is 44.1 cm³/mol. The van der Waals surface area contributed by atoms with Gasteiger partial charge in [0.05, 0.1) is 5.57 Å². The Balaban J connectivity index is 4.70. The minimum atomic E-state index is -4.48. The second-order valence-corrected chi connectivity index (χ2v) is 2.88. The van der Waals surface area contributed by atoms with Gasteiger partial charge in [0.15, 0.2) is 0 Å². The van der Waals surface area contributed by atoms with Crippen LogP contribution in [-0.2, 0) is 0 Å². The molecule has 0 aliphatic rings. The Morgan fingerprint density at radius 1 is 1.46 bits per heavy atom. The van der Waals surface area contributed by atoms with Crippen molar-refractivity contribution in [3.8, 4) is 6.07 Å². The Bertz CT molecular complexity index is 237. The summed E-state index contributed by atoms with van der Waals surface area (Å²) in [6.07, 6.45) is -3.66. The molecule has 0 heterocycles. The molecule has 0 atom stereocenters. The third-order valence-corrected chi connectivity index (χ3v) is 1.80. The summed E-state index contributed by atoms with van der Waals surface area (Å²) in [5.74, 6) is 0.